The van der Waals surface area contributed by atoms with E-state index in [-0.39, 0.29) is 23.3 Å². The second-order valence-electron chi connectivity index (χ2n) is 5.38. The number of amides is 1. The zero-order valence-corrected chi connectivity index (χ0v) is 11.5. The van der Waals surface area contributed by atoms with E-state index in [2.05, 4.69) is 10.3 Å². The van der Waals surface area contributed by atoms with Crippen LogP contribution in [0.3, 0.4) is 0 Å². The number of nitrogens with zero attached hydrogens (tertiary/aromatic N) is 2. The Hall–Kier alpha value is -2.21. The zero-order valence-electron chi connectivity index (χ0n) is 11.5. The van der Waals surface area contributed by atoms with Crippen molar-refractivity contribution in [2.24, 2.45) is 0 Å². The van der Waals surface area contributed by atoms with Crippen molar-refractivity contribution in [3.63, 3.8) is 0 Å². The third-order valence-electron chi connectivity index (χ3n) is 3.89. The Morgan fingerprint density at radius 2 is 2.05 bits per heavy atom. The number of carbonyl (C=O) groups is 1. The summed E-state index contributed by atoms with van der Waals surface area (Å²) in [6, 6.07) is 5.23. The van der Waals surface area contributed by atoms with E-state index in [4.69, 9.17) is 0 Å². The summed E-state index contributed by atoms with van der Waals surface area (Å²) >= 11 is 0. The van der Waals surface area contributed by atoms with E-state index in [1.54, 1.807) is 24.4 Å². The highest BCUT2D eigenvalue weighted by Crippen LogP contribution is 2.18. The molecule has 0 atom stereocenters. The Morgan fingerprint density at radius 1 is 1.29 bits per heavy atom. The molecule has 0 unspecified atom stereocenters. The lowest BCUT2D eigenvalue weighted by molar-refractivity contribution is 0.0866. The first-order chi connectivity index (χ1) is 10.1. The summed E-state index contributed by atoms with van der Waals surface area (Å²) in [5, 5.41) is 12.3. The molecule has 1 aliphatic rings. The van der Waals surface area contributed by atoms with Gasteiger partial charge in [-0.3, -0.25) is 14.0 Å². The van der Waals surface area contributed by atoms with Gasteiger partial charge in [0.1, 0.15) is 11.2 Å². The number of pyridine rings is 1. The Bertz CT molecular complexity index is 717. The molecule has 1 saturated carbocycles. The first kappa shape index (κ1) is 13.8. The van der Waals surface area contributed by atoms with Crippen molar-refractivity contribution >= 4 is 11.6 Å². The summed E-state index contributed by atoms with van der Waals surface area (Å²) in [7, 11) is 0. The van der Waals surface area contributed by atoms with Crippen molar-refractivity contribution < 1.29 is 9.90 Å². The molecule has 110 valence electrons. The number of rotatable bonds is 2. The van der Waals surface area contributed by atoms with E-state index in [0.717, 1.165) is 12.8 Å². The molecule has 2 aromatic rings. The minimum atomic E-state index is -0.396. The lowest BCUT2D eigenvalue weighted by atomic mass is 9.93. The Balaban J connectivity index is 1.82. The van der Waals surface area contributed by atoms with Crippen LogP contribution >= 0.6 is 0 Å². The van der Waals surface area contributed by atoms with Crippen molar-refractivity contribution in [2.45, 2.75) is 37.8 Å². The number of nitrogens with one attached hydrogen (secondary N) is 1. The number of carbonyl (C=O) groups excluding carboxylic acids is 1. The van der Waals surface area contributed by atoms with Gasteiger partial charge >= 0.3 is 0 Å². The van der Waals surface area contributed by atoms with Gasteiger partial charge in [-0.25, -0.2) is 4.98 Å². The molecule has 0 saturated heterocycles. The highest BCUT2D eigenvalue weighted by Gasteiger charge is 2.22. The molecule has 21 heavy (non-hydrogen) atoms. The van der Waals surface area contributed by atoms with Gasteiger partial charge in [0.2, 0.25) is 0 Å². The molecule has 6 heteroatoms. The molecule has 1 aliphatic carbocycles. The van der Waals surface area contributed by atoms with Gasteiger partial charge in [0.15, 0.2) is 0 Å². The van der Waals surface area contributed by atoms with E-state index >= 15 is 0 Å². The maximum Gasteiger partial charge on any atom is 0.270 e. The second-order valence-corrected chi connectivity index (χ2v) is 5.38. The van der Waals surface area contributed by atoms with Crippen LogP contribution in [-0.2, 0) is 0 Å². The molecule has 0 spiro atoms. The topological polar surface area (TPSA) is 83.7 Å². The van der Waals surface area contributed by atoms with Gasteiger partial charge in [-0.1, -0.05) is 6.07 Å². The molecule has 0 aliphatic heterocycles. The Labute approximate surface area is 121 Å². The fourth-order valence-electron chi connectivity index (χ4n) is 2.67. The normalized spacial score (nSPS) is 22.1. The zero-order chi connectivity index (χ0) is 14.8. The average molecular weight is 287 g/mol. The summed E-state index contributed by atoms with van der Waals surface area (Å²) in [5.41, 5.74) is 0.193. The van der Waals surface area contributed by atoms with Gasteiger partial charge in [-0.05, 0) is 37.8 Å². The van der Waals surface area contributed by atoms with Crippen LogP contribution < -0.4 is 10.9 Å². The maximum atomic E-state index is 12.3. The van der Waals surface area contributed by atoms with Crippen LogP contribution in [0, 0.1) is 0 Å². The summed E-state index contributed by atoms with van der Waals surface area (Å²) in [6.07, 6.45) is 5.47. The first-order valence-corrected chi connectivity index (χ1v) is 7.10. The van der Waals surface area contributed by atoms with Crippen LogP contribution in [0.15, 0.2) is 35.4 Å². The van der Waals surface area contributed by atoms with Crippen LogP contribution in [0.25, 0.3) is 5.65 Å². The standard InChI is InChI=1S/C15H17N3O3/c19-11-6-4-10(5-7-11)17-14(20)12-9-16-13-3-1-2-8-18(13)15(12)21/h1-3,8-11,19H,4-7H2,(H,17,20). The Kier molecular flexibility index (Phi) is 3.70. The predicted molar refractivity (Wildman–Crippen MR) is 77.2 cm³/mol. The molecule has 2 heterocycles. The van der Waals surface area contributed by atoms with Gasteiger partial charge in [0.05, 0.1) is 6.10 Å². The minimum Gasteiger partial charge on any atom is -0.393 e. The van der Waals surface area contributed by atoms with Gasteiger partial charge < -0.3 is 10.4 Å². The lowest BCUT2D eigenvalue weighted by Crippen LogP contribution is -2.41. The van der Waals surface area contributed by atoms with E-state index in [0.29, 0.717) is 18.5 Å². The molecule has 2 N–H and O–H groups in total. The van der Waals surface area contributed by atoms with Crippen molar-refractivity contribution in [1.29, 1.82) is 0 Å². The molecule has 0 radical (unpaired) electrons. The van der Waals surface area contributed by atoms with E-state index < -0.39 is 5.91 Å². The fraction of sp³-hybridized carbons (Fsp3) is 0.400. The van der Waals surface area contributed by atoms with Crippen LogP contribution in [0.4, 0.5) is 0 Å². The van der Waals surface area contributed by atoms with Crippen LogP contribution in [0.2, 0.25) is 0 Å². The molecular formula is C15H17N3O3. The third-order valence-corrected chi connectivity index (χ3v) is 3.89. The van der Waals surface area contributed by atoms with Gasteiger partial charge in [0.25, 0.3) is 11.5 Å². The third kappa shape index (κ3) is 2.80. The maximum absolute atomic E-state index is 12.3. The van der Waals surface area contributed by atoms with E-state index in [1.165, 1.54) is 10.6 Å². The summed E-state index contributed by atoms with van der Waals surface area (Å²) in [4.78, 5) is 28.6. The second kappa shape index (κ2) is 5.65. The molecule has 1 fully saturated rings. The summed E-state index contributed by atoms with van der Waals surface area (Å²) in [5.74, 6) is -0.396. The molecule has 0 bridgehead atoms. The highest BCUT2D eigenvalue weighted by atomic mass is 16.3. The summed E-state index contributed by atoms with van der Waals surface area (Å²) < 4.78 is 1.36. The van der Waals surface area contributed by atoms with Crippen molar-refractivity contribution in [3.05, 3.63) is 46.5 Å². The van der Waals surface area contributed by atoms with Crippen molar-refractivity contribution in [3.8, 4) is 0 Å². The number of hydrogen-bond acceptors (Lipinski definition) is 4. The first-order valence-electron chi connectivity index (χ1n) is 7.10. The van der Waals surface area contributed by atoms with Gasteiger partial charge in [-0.2, -0.15) is 0 Å². The van der Waals surface area contributed by atoms with E-state index in [1.807, 2.05) is 0 Å². The van der Waals surface area contributed by atoms with Crippen molar-refractivity contribution in [2.75, 3.05) is 0 Å². The quantitative estimate of drug-likeness (QED) is 0.853. The summed E-state index contributed by atoms with van der Waals surface area (Å²) in [6.45, 7) is 0. The Morgan fingerprint density at radius 3 is 2.81 bits per heavy atom. The van der Waals surface area contributed by atoms with Gasteiger partial charge in [-0.15, -0.1) is 0 Å². The molecule has 0 aromatic carbocycles. The molecule has 6 nitrogen and oxygen atoms in total. The number of aliphatic hydroxyl groups excluding tert-OH is 1. The largest absolute Gasteiger partial charge is 0.393 e. The SMILES string of the molecule is O=C(NC1CCC(O)CC1)c1cnc2ccccn2c1=O. The van der Waals surface area contributed by atoms with Crippen molar-refractivity contribution in [1.82, 2.24) is 14.7 Å². The number of aliphatic hydroxyl groups is 1. The minimum absolute atomic E-state index is 0.0109. The molecule has 2 aromatic heterocycles. The van der Waals surface area contributed by atoms with Gasteiger partial charge in [0, 0.05) is 18.4 Å². The predicted octanol–water partition coefficient (Wildman–Crippen LogP) is 0.728. The fourth-order valence-corrected chi connectivity index (χ4v) is 2.67. The van der Waals surface area contributed by atoms with E-state index in [9.17, 15) is 14.7 Å². The molecule has 1 amide bonds. The smallest absolute Gasteiger partial charge is 0.270 e. The number of aromatic nitrogens is 2. The molecular weight excluding hydrogens is 270 g/mol. The highest BCUT2D eigenvalue weighted by molar-refractivity contribution is 5.93. The van der Waals surface area contributed by atoms with Crippen LogP contribution in [0.5, 0.6) is 0 Å². The average Bonchev–Trinajstić information content (AvgIpc) is 2.50. The number of fused-ring (bicyclic) bond motifs is 1. The lowest BCUT2D eigenvalue weighted by Gasteiger charge is -2.26. The van der Waals surface area contributed by atoms with Crippen LogP contribution in [-0.4, -0.2) is 32.5 Å². The molecule has 3 rings (SSSR count). The monoisotopic (exact) mass is 287 g/mol. The number of hydrogen-bond donors (Lipinski definition) is 2. The van der Waals surface area contributed by atoms with Crippen LogP contribution in [0.1, 0.15) is 36.0 Å².